The molecule has 0 amide bonds. The van der Waals surface area contributed by atoms with Gasteiger partial charge in [0.1, 0.15) is 6.04 Å². The van der Waals surface area contributed by atoms with E-state index in [1.165, 1.54) is 7.11 Å². The van der Waals surface area contributed by atoms with Crippen molar-refractivity contribution in [3.8, 4) is 0 Å². The summed E-state index contributed by atoms with van der Waals surface area (Å²) in [4.78, 5) is 13.9. The number of likely N-dealkylation sites (N-methyl/N-ethyl adjacent to an activating group) is 1. The molecule has 0 heterocycles. The van der Waals surface area contributed by atoms with E-state index in [4.69, 9.17) is 9.47 Å². The minimum Gasteiger partial charge on any atom is -0.468 e. The summed E-state index contributed by atoms with van der Waals surface area (Å²) in [6, 6.07) is 0.150. The van der Waals surface area contributed by atoms with Crippen molar-refractivity contribution in [1.29, 1.82) is 0 Å². The van der Waals surface area contributed by atoms with Crippen molar-refractivity contribution in [2.45, 2.75) is 39.3 Å². The second kappa shape index (κ2) is 10.3. The number of methoxy groups -OCH3 is 2. The normalized spacial score (nSPS) is 14.6. The molecule has 18 heavy (non-hydrogen) atoms. The van der Waals surface area contributed by atoms with Crippen LogP contribution in [0, 0.1) is 0 Å². The molecule has 2 unspecified atom stereocenters. The van der Waals surface area contributed by atoms with Gasteiger partial charge in [0.05, 0.1) is 13.7 Å². The van der Waals surface area contributed by atoms with Crippen molar-refractivity contribution in [3.63, 3.8) is 0 Å². The van der Waals surface area contributed by atoms with Crippen molar-refractivity contribution < 1.29 is 14.3 Å². The van der Waals surface area contributed by atoms with Crippen molar-refractivity contribution in [1.82, 2.24) is 10.2 Å². The Morgan fingerprint density at radius 1 is 1.33 bits per heavy atom. The lowest BCUT2D eigenvalue weighted by atomic mass is 10.2. The second-order valence-electron chi connectivity index (χ2n) is 4.38. The van der Waals surface area contributed by atoms with Crippen LogP contribution in [-0.2, 0) is 14.3 Å². The fraction of sp³-hybridized carbons (Fsp3) is 0.923. The number of nitrogens with one attached hydrogen (secondary N) is 1. The molecule has 0 saturated carbocycles. The number of carbonyl (C=O) groups excluding carboxylic acids is 1. The number of ether oxygens (including phenoxy) is 2. The average Bonchev–Trinajstić information content (AvgIpc) is 2.40. The van der Waals surface area contributed by atoms with Gasteiger partial charge in [-0.3, -0.25) is 9.69 Å². The molecule has 0 fully saturated rings. The van der Waals surface area contributed by atoms with E-state index < -0.39 is 0 Å². The summed E-state index contributed by atoms with van der Waals surface area (Å²) >= 11 is 0. The van der Waals surface area contributed by atoms with Gasteiger partial charge in [-0.1, -0.05) is 13.8 Å². The zero-order valence-electron chi connectivity index (χ0n) is 12.4. The maximum atomic E-state index is 11.7. The zero-order valence-corrected chi connectivity index (χ0v) is 12.4. The molecule has 0 aliphatic carbocycles. The molecule has 1 N–H and O–H groups in total. The molecule has 0 bridgehead atoms. The van der Waals surface area contributed by atoms with Gasteiger partial charge in [-0.15, -0.1) is 0 Å². The predicted molar refractivity (Wildman–Crippen MR) is 72.7 cm³/mol. The SMILES string of the molecule is CCNC(CN(CCOC)C(C)CC)C(=O)OC. The predicted octanol–water partition coefficient (Wildman–Crippen LogP) is 0.884. The first-order valence-electron chi connectivity index (χ1n) is 6.64. The van der Waals surface area contributed by atoms with Crippen LogP contribution < -0.4 is 5.32 Å². The number of carbonyl (C=O) groups is 1. The van der Waals surface area contributed by atoms with Crippen molar-refractivity contribution >= 4 is 5.97 Å². The maximum Gasteiger partial charge on any atom is 0.324 e. The lowest BCUT2D eigenvalue weighted by Gasteiger charge is -2.31. The Bertz CT molecular complexity index is 224. The van der Waals surface area contributed by atoms with E-state index in [1.54, 1.807) is 7.11 Å². The number of hydrogen-bond donors (Lipinski definition) is 1. The van der Waals surface area contributed by atoms with Crippen molar-refractivity contribution in [2.75, 3.05) is 40.5 Å². The Morgan fingerprint density at radius 3 is 2.44 bits per heavy atom. The highest BCUT2D eigenvalue weighted by molar-refractivity contribution is 5.75. The first-order valence-corrected chi connectivity index (χ1v) is 6.64. The van der Waals surface area contributed by atoms with Gasteiger partial charge < -0.3 is 14.8 Å². The highest BCUT2D eigenvalue weighted by Crippen LogP contribution is 2.05. The molecule has 0 saturated heterocycles. The van der Waals surface area contributed by atoms with Crippen LogP contribution in [0.4, 0.5) is 0 Å². The number of rotatable bonds is 10. The van der Waals surface area contributed by atoms with Gasteiger partial charge in [-0.05, 0) is 19.9 Å². The molecular weight excluding hydrogens is 232 g/mol. The van der Waals surface area contributed by atoms with Crippen LogP contribution in [0.3, 0.4) is 0 Å². The summed E-state index contributed by atoms with van der Waals surface area (Å²) in [6.07, 6.45) is 1.05. The van der Waals surface area contributed by atoms with Crippen LogP contribution >= 0.6 is 0 Å². The van der Waals surface area contributed by atoms with E-state index in [9.17, 15) is 4.79 Å². The Hall–Kier alpha value is -0.650. The molecule has 0 aromatic carbocycles. The molecule has 0 radical (unpaired) electrons. The fourth-order valence-electron chi connectivity index (χ4n) is 1.80. The fourth-order valence-corrected chi connectivity index (χ4v) is 1.80. The number of hydrogen-bond acceptors (Lipinski definition) is 5. The van der Waals surface area contributed by atoms with Crippen LogP contribution in [0.15, 0.2) is 0 Å². The summed E-state index contributed by atoms with van der Waals surface area (Å²) < 4.78 is 9.94. The second-order valence-corrected chi connectivity index (χ2v) is 4.38. The molecule has 0 aliphatic heterocycles. The van der Waals surface area contributed by atoms with Crippen molar-refractivity contribution in [2.24, 2.45) is 0 Å². The van der Waals surface area contributed by atoms with Crippen LogP contribution in [0.2, 0.25) is 0 Å². The highest BCUT2D eigenvalue weighted by Gasteiger charge is 2.23. The first-order chi connectivity index (χ1) is 8.60. The van der Waals surface area contributed by atoms with Crippen LogP contribution in [0.25, 0.3) is 0 Å². The van der Waals surface area contributed by atoms with Crippen LogP contribution in [0.1, 0.15) is 27.2 Å². The van der Waals surface area contributed by atoms with Gasteiger partial charge in [0.2, 0.25) is 0 Å². The summed E-state index contributed by atoms with van der Waals surface area (Å²) in [5.74, 6) is -0.206. The molecular formula is C13H28N2O3. The first kappa shape index (κ1) is 17.4. The Balaban J connectivity index is 4.51. The molecule has 2 atom stereocenters. The van der Waals surface area contributed by atoms with Gasteiger partial charge in [-0.25, -0.2) is 0 Å². The van der Waals surface area contributed by atoms with E-state index >= 15 is 0 Å². The largest absolute Gasteiger partial charge is 0.468 e. The summed E-state index contributed by atoms with van der Waals surface area (Å²) in [7, 11) is 3.12. The van der Waals surface area contributed by atoms with E-state index in [2.05, 4.69) is 24.1 Å². The molecule has 108 valence electrons. The Kier molecular flexibility index (Phi) is 9.92. The van der Waals surface area contributed by atoms with Gasteiger partial charge in [0.15, 0.2) is 0 Å². The average molecular weight is 260 g/mol. The van der Waals surface area contributed by atoms with E-state index in [0.717, 1.165) is 19.5 Å². The van der Waals surface area contributed by atoms with Gasteiger partial charge in [-0.2, -0.15) is 0 Å². The zero-order chi connectivity index (χ0) is 14.0. The third-order valence-corrected chi connectivity index (χ3v) is 3.15. The topological polar surface area (TPSA) is 50.8 Å². The Labute approximate surface area is 111 Å². The van der Waals surface area contributed by atoms with Gasteiger partial charge >= 0.3 is 5.97 Å². The molecule has 0 aliphatic rings. The molecule has 0 spiro atoms. The van der Waals surface area contributed by atoms with Gasteiger partial charge in [0.25, 0.3) is 0 Å². The quantitative estimate of drug-likeness (QED) is 0.591. The monoisotopic (exact) mass is 260 g/mol. The van der Waals surface area contributed by atoms with Crippen molar-refractivity contribution in [3.05, 3.63) is 0 Å². The minimum atomic E-state index is -0.272. The summed E-state index contributed by atoms with van der Waals surface area (Å²) in [6.45, 7) is 9.19. The molecule has 0 rings (SSSR count). The van der Waals surface area contributed by atoms with Gasteiger partial charge in [0, 0.05) is 26.2 Å². The minimum absolute atomic E-state index is 0.206. The summed E-state index contributed by atoms with van der Waals surface area (Å²) in [5, 5.41) is 3.16. The third kappa shape index (κ3) is 6.33. The summed E-state index contributed by atoms with van der Waals surface area (Å²) in [5.41, 5.74) is 0. The molecule has 0 aromatic heterocycles. The van der Waals surface area contributed by atoms with E-state index in [1.807, 2.05) is 6.92 Å². The van der Waals surface area contributed by atoms with Crippen LogP contribution in [-0.4, -0.2) is 63.4 Å². The van der Waals surface area contributed by atoms with E-state index in [-0.39, 0.29) is 12.0 Å². The number of esters is 1. The molecule has 5 nitrogen and oxygen atoms in total. The lowest BCUT2D eigenvalue weighted by molar-refractivity contribution is -0.143. The smallest absolute Gasteiger partial charge is 0.324 e. The van der Waals surface area contributed by atoms with Crippen LogP contribution in [0.5, 0.6) is 0 Å². The van der Waals surface area contributed by atoms with E-state index in [0.29, 0.717) is 19.2 Å². The number of nitrogens with zero attached hydrogens (tertiary/aromatic N) is 1. The standard InChI is InChI=1S/C13H28N2O3/c1-6-11(3)15(8-9-17-4)10-12(14-7-2)13(16)18-5/h11-12,14H,6-10H2,1-5H3. The molecule has 5 heteroatoms. The third-order valence-electron chi connectivity index (χ3n) is 3.15. The maximum absolute atomic E-state index is 11.7. The Morgan fingerprint density at radius 2 is 2.00 bits per heavy atom. The highest BCUT2D eigenvalue weighted by atomic mass is 16.5. The lowest BCUT2D eigenvalue weighted by Crippen LogP contribution is -2.49. The molecule has 0 aromatic rings.